The third-order valence-electron chi connectivity index (χ3n) is 6.54. The van der Waals surface area contributed by atoms with Gasteiger partial charge in [-0.2, -0.15) is 0 Å². The molecular weight excluding hydrogens is 498 g/mol. The molecule has 2 aromatic heterocycles. The Morgan fingerprint density at radius 2 is 1.62 bits per heavy atom. The molecule has 0 fully saturated rings. The van der Waals surface area contributed by atoms with E-state index < -0.39 is 0 Å². The van der Waals surface area contributed by atoms with Gasteiger partial charge in [-0.15, -0.1) is 11.3 Å². The largest absolute Gasteiger partial charge is 0.323 e. The minimum Gasteiger partial charge on any atom is -0.323 e. The van der Waals surface area contributed by atoms with Gasteiger partial charge in [0.1, 0.15) is 17.2 Å². The number of hydrogen-bond donors (Lipinski definition) is 1. The molecule has 1 amide bonds. The van der Waals surface area contributed by atoms with Gasteiger partial charge in [-0.3, -0.25) is 14.2 Å². The summed E-state index contributed by atoms with van der Waals surface area (Å²) < 4.78 is 1.54. The lowest BCUT2D eigenvalue weighted by molar-refractivity contribution is -0.116. The zero-order valence-electron chi connectivity index (χ0n) is 20.1. The molecule has 1 aliphatic carbocycles. The van der Waals surface area contributed by atoms with Crippen molar-refractivity contribution >= 4 is 44.9 Å². The van der Waals surface area contributed by atoms with Crippen LogP contribution in [0.1, 0.15) is 23.3 Å². The monoisotopic (exact) mass is 523 g/mol. The third kappa shape index (κ3) is 4.84. The standard InChI is InChI=1S/C30H25N3O2S2/c34-26(31-23-16-8-10-18-25(23)36-21-13-5-2-6-14-21)19-33-28(20-11-3-1-4-12-20)32-29-27(30(33)35)22-15-7-9-17-24(22)37-29/h1-6,8,10-14,16,18H,7,9,15,17,19H2,(H,31,34). The molecule has 5 nitrogen and oxygen atoms in total. The van der Waals surface area contributed by atoms with E-state index in [1.54, 1.807) is 27.7 Å². The van der Waals surface area contributed by atoms with Gasteiger partial charge in [0, 0.05) is 20.2 Å². The Kier molecular flexibility index (Phi) is 6.64. The molecule has 0 aliphatic heterocycles. The summed E-state index contributed by atoms with van der Waals surface area (Å²) >= 11 is 3.22. The summed E-state index contributed by atoms with van der Waals surface area (Å²) in [6.45, 7) is -0.110. The Balaban J connectivity index is 1.37. The second kappa shape index (κ2) is 10.4. The van der Waals surface area contributed by atoms with Crippen LogP contribution in [0.2, 0.25) is 0 Å². The molecule has 1 N–H and O–H groups in total. The first-order valence-electron chi connectivity index (χ1n) is 12.4. The Morgan fingerprint density at radius 3 is 2.43 bits per heavy atom. The van der Waals surface area contributed by atoms with E-state index in [2.05, 4.69) is 5.32 Å². The van der Waals surface area contributed by atoms with Crippen molar-refractivity contribution in [2.24, 2.45) is 0 Å². The van der Waals surface area contributed by atoms with Crippen molar-refractivity contribution in [3.8, 4) is 11.4 Å². The zero-order chi connectivity index (χ0) is 25.2. The molecule has 184 valence electrons. The molecule has 2 heterocycles. The molecule has 5 aromatic rings. The fraction of sp³-hybridized carbons (Fsp3) is 0.167. The first-order chi connectivity index (χ1) is 18.2. The van der Waals surface area contributed by atoms with Crippen LogP contribution in [0.3, 0.4) is 0 Å². The molecule has 1 aliphatic rings. The first-order valence-corrected chi connectivity index (χ1v) is 14.0. The Bertz CT molecular complexity index is 1640. The second-order valence-electron chi connectivity index (χ2n) is 9.04. The molecule has 0 bridgehead atoms. The van der Waals surface area contributed by atoms with Crippen LogP contribution in [0.4, 0.5) is 5.69 Å². The molecule has 0 unspecified atom stereocenters. The highest BCUT2D eigenvalue weighted by molar-refractivity contribution is 7.99. The molecule has 0 radical (unpaired) electrons. The van der Waals surface area contributed by atoms with E-state index in [4.69, 9.17) is 4.98 Å². The highest BCUT2D eigenvalue weighted by Crippen LogP contribution is 2.35. The lowest BCUT2D eigenvalue weighted by atomic mass is 9.97. The van der Waals surface area contributed by atoms with Crippen LogP contribution in [-0.4, -0.2) is 15.5 Å². The van der Waals surface area contributed by atoms with E-state index in [0.29, 0.717) is 11.2 Å². The van der Waals surface area contributed by atoms with Crippen molar-refractivity contribution in [3.63, 3.8) is 0 Å². The number of carbonyl (C=O) groups is 1. The second-order valence-corrected chi connectivity index (χ2v) is 11.2. The van der Waals surface area contributed by atoms with E-state index in [-0.39, 0.29) is 18.0 Å². The van der Waals surface area contributed by atoms with Crippen LogP contribution in [0.15, 0.2) is 99.5 Å². The van der Waals surface area contributed by atoms with Gasteiger partial charge in [-0.1, -0.05) is 72.4 Å². The number of anilines is 1. The Morgan fingerprint density at radius 1 is 0.919 bits per heavy atom. The lowest BCUT2D eigenvalue weighted by Crippen LogP contribution is -2.30. The molecule has 7 heteroatoms. The summed E-state index contributed by atoms with van der Waals surface area (Å²) in [5.74, 6) is 0.268. The molecule has 0 spiro atoms. The summed E-state index contributed by atoms with van der Waals surface area (Å²) in [5, 5.41) is 3.73. The topological polar surface area (TPSA) is 64.0 Å². The summed E-state index contributed by atoms with van der Waals surface area (Å²) in [6, 6.07) is 27.4. The van der Waals surface area contributed by atoms with Gasteiger partial charge in [0.2, 0.25) is 5.91 Å². The maximum absolute atomic E-state index is 13.9. The number of thiophene rings is 1. The number of amides is 1. The zero-order valence-corrected chi connectivity index (χ0v) is 21.8. The number of carbonyl (C=O) groups excluding carboxylic acids is 1. The SMILES string of the molecule is O=C(Cn1c(-c2ccccc2)nc2sc3c(c2c1=O)CCCC3)Nc1ccccc1Sc1ccccc1. The van der Waals surface area contributed by atoms with Crippen molar-refractivity contribution in [2.45, 2.75) is 42.0 Å². The van der Waals surface area contributed by atoms with Crippen molar-refractivity contribution < 1.29 is 4.79 Å². The van der Waals surface area contributed by atoms with Crippen molar-refractivity contribution in [1.29, 1.82) is 0 Å². The number of benzene rings is 3. The lowest BCUT2D eigenvalue weighted by Gasteiger charge is -2.15. The Hall–Kier alpha value is -3.68. The van der Waals surface area contributed by atoms with E-state index in [0.717, 1.165) is 57.1 Å². The number of aromatic nitrogens is 2. The maximum atomic E-state index is 13.9. The van der Waals surface area contributed by atoms with Gasteiger partial charge in [-0.05, 0) is 55.5 Å². The predicted octanol–water partition coefficient (Wildman–Crippen LogP) is 6.79. The summed E-state index contributed by atoms with van der Waals surface area (Å²) in [7, 11) is 0. The van der Waals surface area contributed by atoms with Crippen LogP contribution in [0.25, 0.3) is 21.6 Å². The van der Waals surface area contributed by atoms with Crippen molar-refractivity contribution in [2.75, 3.05) is 5.32 Å². The van der Waals surface area contributed by atoms with Crippen LogP contribution in [-0.2, 0) is 24.2 Å². The number of rotatable bonds is 6. The fourth-order valence-electron chi connectivity index (χ4n) is 4.80. The summed E-state index contributed by atoms with van der Waals surface area (Å²) in [6.07, 6.45) is 4.11. The van der Waals surface area contributed by atoms with E-state index in [1.807, 2.05) is 84.9 Å². The number of fused-ring (bicyclic) bond motifs is 3. The molecule has 0 atom stereocenters. The highest BCUT2D eigenvalue weighted by Gasteiger charge is 2.23. The number of nitrogens with one attached hydrogen (secondary N) is 1. The fourth-order valence-corrected chi connectivity index (χ4v) is 6.98. The van der Waals surface area contributed by atoms with Crippen LogP contribution in [0, 0.1) is 0 Å². The normalized spacial score (nSPS) is 12.9. The van der Waals surface area contributed by atoms with E-state index in [9.17, 15) is 9.59 Å². The van der Waals surface area contributed by atoms with Crippen molar-refractivity contribution in [3.05, 3.63) is 106 Å². The van der Waals surface area contributed by atoms with Gasteiger partial charge >= 0.3 is 0 Å². The van der Waals surface area contributed by atoms with E-state index in [1.165, 1.54) is 4.88 Å². The molecule has 6 rings (SSSR count). The third-order valence-corrected chi connectivity index (χ3v) is 8.81. The van der Waals surface area contributed by atoms with Crippen LogP contribution in [0.5, 0.6) is 0 Å². The Labute approximate surface area is 223 Å². The molecule has 0 saturated heterocycles. The van der Waals surface area contributed by atoms with Gasteiger partial charge in [0.05, 0.1) is 11.1 Å². The van der Waals surface area contributed by atoms with Gasteiger partial charge in [0.15, 0.2) is 0 Å². The smallest absolute Gasteiger partial charge is 0.263 e. The minimum absolute atomic E-state index is 0.110. The van der Waals surface area contributed by atoms with Gasteiger partial charge in [-0.25, -0.2) is 4.98 Å². The summed E-state index contributed by atoms with van der Waals surface area (Å²) in [5.41, 5.74) is 2.53. The molecule has 0 saturated carbocycles. The summed E-state index contributed by atoms with van der Waals surface area (Å²) in [4.78, 5) is 36.3. The number of hydrogen-bond acceptors (Lipinski definition) is 5. The van der Waals surface area contributed by atoms with Gasteiger partial charge in [0.25, 0.3) is 5.56 Å². The van der Waals surface area contributed by atoms with Crippen LogP contribution < -0.4 is 10.9 Å². The molecular formula is C30H25N3O2S2. The van der Waals surface area contributed by atoms with Crippen molar-refractivity contribution in [1.82, 2.24) is 9.55 Å². The average Bonchev–Trinajstić information content (AvgIpc) is 3.31. The predicted molar refractivity (Wildman–Crippen MR) is 152 cm³/mol. The first kappa shape index (κ1) is 23.7. The maximum Gasteiger partial charge on any atom is 0.263 e. The van der Waals surface area contributed by atoms with Gasteiger partial charge < -0.3 is 5.32 Å². The minimum atomic E-state index is -0.259. The van der Waals surface area contributed by atoms with E-state index >= 15 is 0 Å². The number of aryl methyl sites for hydroxylation is 2. The quantitative estimate of drug-likeness (QED) is 0.266. The number of nitrogens with zero attached hydrogens (tertiary/aromatic N) is 2. The van der Waals surface area contributed by atoms with Crippen LogP contribution >= 0.6 is 23.1 Å². The average molecular weight is 524 g/mol. The number of para-hydroxylation sites is 1. The molecule has 3 aromatic carbocycles. The molecule has 37 heavy (non-hydrogen) atoms. The highest BCUT2D eigenvalue weighted by atomic mass is 32.2.